The second-order valence-corrected chi connectivity index (χ2v) is 9.11. The molecule has 0 bridgehead atoms. The number of benzene rings is 2. The van der Waals surface area contributed by atoms with Gasteiger partial charge in [-0.3, -0.25) is 14.7 Å². The van der Waals surface area contributed by atoms with Gasteiger partial charge in [0.15, 0.2) is 0 Å². The molecule has 0 unspecified atom stereocenters. The molecule has 2 aromatic carbocycles. The minimum Gasteiger partial charge on any atom is -0.431 e. The molecule has 5 rings (SSSR count). The van der Waals surface area contributed by atoms with Crippen LogP contribution in [0.25, 0.3) is 10.2 Å². The SMILES string of the molecule is Cc1cnc(C(=O)N2CCN(CCc3ccc(Oc4nc5ccccc5s4)cc3)CC2)cn1. The Morgan fingerprint density at radius 2 is 1.79 bits per heavy atom. The zero-order valence-electron chi connectivity index (χ0n) is 18.5. The number of piperazine rings is 1. The fraction of sp³-hybridized carbons (Fsp3) is 0.280. The molecule has 1 saturated heterocycles. The number of rotatable bonds is 6. The van der Waals surface area contributed by atoms with Crippen molar-refractivity contribution >= 4 is 27.5 Å². The minimum atomic E-state index is -0.0362. The summed E-state index contributed by atoms with van der Waals surface area (Å²) < 4.78 is 7.06. The smallest absolute Gasteiger partial charge is 0.279 e. The Balaban J connectivity index is 1.09. The van der Waals surface area contributed by atoms with Crippen molar-refractivity contribution in [3.05, 3.63) is 77.9 Å². The summed E-state index contributed by atoms with van der Waals surface area (Å²) >= 11 is 1.55. The van der Waals surface area contributed by atoms with Gasteiger partial charge in [0.1, 0.15) is 11.4 Å². The lowest BCUT2D eigenvalue weighted by atomic mass is 10.1. The van der Waals surface area contributed by atoms with Crippen LogP contribution < -0.4 is 4.74 Å². The van der Waals surface area contributed by atoms with Crippen LogP contribution in [0.15, 0.2) is 60.9 Å². The zero-order chi connectivity index (χ0) is 22.6. The van der Waals surface area contributed by atoms with Crippen LogP contribution in [0.4, 0.5) is 0 Å². The van der Waals surface area contributed by atoms with Crippen molar-refractivity contribution in [3.63, 3.8) is 0 Å². The monoisotopic (exact) mass is 459 g/mol. The van der Waals surface area contributed by atoms with Crippen LogP contribution in [0.5, 0.6) is 10.9 Å². The summed E-state index contributed by atoms with van der Waals surface area (Å²) in [6.45, 7) is 5.98. The molecule has 0 atom stereocenters. The molecule has 3 heterocycles. The van der Waals surface area contributed by atoms with Gasteiger partial charge in [0.05, 0.1) is 22.1 Å². The van der Waals surface area contributed by atoms with E-state index in [1.807, 2.05) is 42.2 Å². The summed E-state index contributed by atoms with van der Waals surface area (Å²) in [6, 6.07) is 16.3. The predicted octanol–water partition coefficient (Wildman–Crippen LogP) is 4.19. The standard InChI is InChI=1S/C25H25N5O2S/c1-18-16-27-22(17-26-18)24(31)30-14-12-29(13-15-30)11-10-19-6-8-20(9-7-19)32-25-28-21-4-2-3-5-23(21)33-25/h2-9,16-17H,10-15H2,1H3. The lowest BCUT2D eigenvalue weighted by molar-refractivity contribution is 0.0632. The molecule has 4 aromatic rings. The largest absolute Gasteiger partial charge is 0.431 e. The van der Waals surface area contributed by atoms with E-state index in [2.05, 4.69) is 38.1 Å². The molecule has 7 nitrogen and oxygen atoms in total. The van der Waals surface area contributed by atoms with Gasteiger partial charge in [-0.2, -0.15) is 0 Å². The first-order valence-electron chi connectivity index (χ1n) is 11.1. The van der Waals surface area contributed by atoms with Gasteiger partial charge < -0.3 is 9.64 Å². The number of thiazole rings is 1. The Morgan fingerprint density at radius 3 is 2.52 bits per heavy atom. The maximum atomic E-state index is 12.6. The molecule has 168 valence electrons. The molecule has 1 aliphatic heterocycles. The van der Waals surface area contributed by atoms with Gasteiger partial charge in [-0.1, -0.05) is 35.6 Å². The van der Waals surface area contributed by atoms with E-state index in [0.29, 0.717) is 24.0 Å². The molecule has 2 aromatic heterocycles. The summed E-state index contributed by atoms with van der Waals surface area (Å²) in [4.78, 5) is 29.8. The third-order valence-electron chi connectivity index (χ3n) is 5.78. The zero-order valence-corrected chi connectivity index (χ0v) is 19.3. The lowest BCUT2D eigenvalue weighted by Gasteiger charge is -2.34. The molecule has 0 spiro atoms. The average Bonchev–Trinajstić information content (AvgIpc) is 3.26. The fourth-order valence-electron chi connectivity index (χ4n) is 3.85. The highest BCUT2D eigenvalue weighted by molar-refractivity contribution is 7.20. The van der Waals surface area contributed by atoms with Gasteiger partial charge in [0.2, 0.25) is 0 Å². The second kappa shape index (κ2) is 9.64. The number of carbonyl (C=O) groups is 1. The van der Waals surface area contributed by atoms with Crippen molar-refractivity contribution in [1.82, 2.24) is 24.8 Å². The number of hydrogen-bond acceptors (Lipinski definition) is 7. The Bertz CT molecular complexity index is 1200. The van der Waals surface area contributed by atoms with Crippen molar-refractivity contribution in [2.45, 2.75) is 13.3 Å². The van der Waals surface area contributed by atoms with E-state index in [0.717, 1.165) is 47.7 Å². The molecule has 0 aliphatic carbocycles. The number of para-hydroxylation sites is 1. The summed E-state index contributed by atoms with van der Waals surface area (Å²) in [7, 11) is 0. The van der Waals surface area contributed by atoms with Crippen LogP contribution in [0.3, 0.4) is 0 Å². The first-order chi connectivity index (χ1) is 16.1. The number of aromatic nitrogens is 3. The van der Waals surface area contributed by atoms with E-state index in [9.17, 15) is 4.79 Å². The van der Waals surface area contributed by atoms with Crippen LogP contribution in [0.1, 0.15) is 21.7 Å². The van der Waals surface area contributed by atoms with E-state index in [1.54, 1.807) is 23.7 Å². The topological polar surface area (TPSA) is 71.5 Å². The van der Waals surface area contributed by atoms with Crippen molar-refractivity contribution in [2.24, 2.45) is 0 Å². The number of ether oxygens (including phenoxy) is 1. The maximum absolute atomic E-state index is 12.6. The Labute approximate surface area is 196 Å². The van der Waals surface area contributed by atoms with Gasteiger partial charge in [0, 0.05) is 38.9 Å². The predicted molar refractivity (Wildman–Crippen MR) is 129 cm³/mol. The first-order valence-corrected chi connectivity index (χ1v) is 11.9. The van der Waals surface area contributed by atoms with Gasteiger partial charge in [-0.25, -0.2) is 9.97 Å². The van der Waals surface area contributed by atoms with Crippen LogP contribution in [0, 0.1) is 6.92 Å². The quantitative estimate of drug-likeness (QED) is 0.431. The lowest BCUT2D eigenvalue weighted by Crippen LogP contribution is -2.49. The molecule has 33 heavy (non-hydrogen) atoms. The molecule has 1 amide bonds. The molecule has 1 aliphatic rings. The molecular weight excluding hydrogens is 434 g/mol. The minimum absolute atomic E-state index is 0.0362. The first kappa shape index (κ1) is 21.5. The van der Waals surface area contributed by atoms with Crippen LogP contribution >= 0.6 is 11.3 Å². The summed E-state index contributed by atoms with van der Waals surface area (Å²) in [5, 5.41) is 0.660. The van der Waals surface area contributed by atoms with E-state index in [1.165, 1.54) is 5.56 Å². The molecule has 8 heteroatoms. The number of amides is 1. The van der Waals surface area contributed by atoms with Crippen LogP contribution in [-0.2, 0) is 6.42 Å². The van der Waals surface area contributed by atoms with Crippen LogP contribution in [0.2, 0.25) is 0 Å². The van der Waals surface area contributed by atoms with Crippen LogP contribution in [-0.4, -0.2) is 63.4 Å². The Morgan fingerprint density at radius 1 is 1.00 bits per heavy atom. The van der Waals surface area contributed by atoms with E-state index < -0.39 is 0 Å². The number of carbonyl (C=O) groups excluding carboxylic acids is 1. The summed E-state index contributed by atoms with van der Waals surface area (Å²) in [5.41, 5.74) is 3.46. The van der Waals surface area contributed by atoms with Crippen molar-refractivity contribution in [3.8, 4) is 10.9 Å². The number of fused-ring (bicyclic) bond motifs is 1. The third kappa shape index (κ3) is 5.18. The van der Waals surface area contributed by atoms with Crippen molar-refractivity contribution < 1.29 is 9.53 Å². The second-order valence-electron chi connectivity index (χ2n) is 8.12. The molecular formula is C25H25N5O2S. The van der Waals surface area contributed by atoms with Gasteiger partial charge in [-0.15, -0.1) is 0 Å². The Kier molecular flexibility index (Phi) is 6.28. The van der Waals surface area contributed by atoms with Gasteiger partial charge in [-0.05, 0) is 43.2 Å². The number of aryl methyl sites for hydroxylation is 1. The normalized spacial score (nSPS) is 14.5. The Hall–Kier alpha value is -3.36. The van der Waals surface area contributed by atoms with Crippen molar-refractivity contribution in [1.29, 1.82) is 0 Å². The van der Waals surface area contributed by atoms with Crippen molar-refractivity contribution in [2.75, 3.05) is 32.7 Å². The average molecular weight is 460 g/mol. The molecule has 0 saturated carbocycles. The fourth-order valence-corrected chi connectivity index (χ4v) is 4.68. The molecule has 0 N–H and O–H groups in total. The highest BCUT2D eigenvalue weighted by atomic mass is 32.1. The van der Waals surface area contributed by atoms with E-state index in [-0.39, 0.29) is 5.91 Å². The maximum Gasteiger partial charge on any atom is 0.279 e. The highest BCUT2D eigenvalue weighted by Crippen LogP contribution is 2.31. The third-order valence-corrected chi connectivity index (χ3v) is 6.69. The highest BCUT2D eigenvalue weighted by Gasteiger charge is 2.23. The number of hydrogen-bond donors (Lipinski definition) is 0. The van der Waals surface area contributed by atoms with E-state index in [4.69, 9.17) is 4.74 Å². The van der Waals surface area contributed by atoms with E-state index >= 15 is 0 Å². The summed E-state index contributed by atoms with van der Waals surface area (Å²) in [6.07, 6.45) is 4.16. The van der Waals surface area contributed by atoms with Gasteiger partial charge >= 0.3 is 0 Å². The molecule has 0 radical (unpaired) electrons. The number of nitrogens with zero attached hydrogens (tertiary/aromatic N) is 5. The molecule has 1 fully saturated rings. The summed E-state index contributed by atoms with van der Waals surface area (Å²) in [5.74, 6) is 0.759. The van der Waals surface area contributed by atoms with Gasteiger partial charge in [0.25, 0.3) is 11.1 Å².